The van der Waals surface area contributed by atoms with E-state index in [0.29, 0.717) is 0 Å². The first-order chi connectivity index (χ1) is 7.79. The highest BCUT2D eigenvalue weighted by atomic mass is 14.4. The Hall–Kier alpha value is -1.04. The summed E-state index contributed by atoms with van der Waals surface area (Å²) in [6, 6.07) is 0. The average molecular weight is 228 g/mol. The van der Waals surface area contributed by atoms with Gasteiger partial charge in [0.2, 0.25) is 0 Å². The van der Waals surface area contributed by atoms with Gasteiger partial charge in [0.15, 0.2) is 0 Å². The fraction of sp³-hybridized carbons (Fsp3) is 0.529. The van der Waals surface area contributed by atoms with E-state index in [9.17, 15) is 0 Å². The lowest BCUT2D eigenvalue weighted by molar-refractivity contribution is 0.603. The zero-order chi connectivity index (χ0) is 13.0. The highest BCUT2D eigenvalue weighted by Gasteiger charge is 2.37. The molecule has 2 rings (SSSR count). The van der Waals surface area contributed by atoms with Crippen LogP contribution in [-0.4, -0.2) is 0 Å². The molecule has 0 radical (unpaired) electrons. The predicted molar refractivity (Wildman–Crippen MR) is 75.9 cm³/mol. The van der Waals surface area contributed by atoms with Crippen LogP contribution in [0.3, 0.4) is 0 Å². The molecule has 0 N–H and O–H groups in total. The molecule has 1 atom stereocenters. The van der Waals surface area contributed by atoms with Crippen molar-refractivity contribution in [3.63, 3.8) is 0 Å². The zero-order valence-corrected chi connectivity index (χ0v) is 12.3. The standard InChI is InChI=1S/C17H24/c1-10-8-16(14(5)12(10)3)17(7)9-11(2)13(4)15(17)6/h9H,8H2,1-7H3. The van der Waals surface area contributed by atoms with Crippen LogP contribution in [0.5, 0.6) is 0 Å². The van der Waals surface area contributed by atoms with Crippen LogP contribution in [-0.2, 0) is 0 Å². The summed E-state index contributed by atoms with van der Waals surface area (Å²) < 4.78 is 0. The highest BCUT2D eigenvalue weighted by Crippen LogP contribution is 2.51. The van der Waals surface area contributed by atoms with E-state index >= 15 is 0 Å². The Morgan fingerprint density at radius 1 is 0.882 bits per heavy atom. The lowest BCUT2D eigenvalue weighted by Gasteiger charge is -2.28. The van der Waals surface area contributed by atoms with E-state index in [1.807, 2.05) is 0 Å². The Kier molecular flexibility index (Phi) is 2.72. The third-order valence-corrected chi connectivity index (χ3v) is 5.16. The normalized spacial score (nSPS) is 29.7. The number of hydrogen-bond acceptors (Lipinski definition) is 0. The zero-order valence-electron chi connectivity index (χ0n) is 12.3. The molecule has 0 nitrogen and oxygen atoms in total. The Balaban J connectivity index is 2.53. The first-order valence-corrected chi connectivity index (χ1v) is 6.53. The van der Waals surface area contributed by atoms with E-state index in [4.69, 9.17) is 0 Å². The Morgan fingerprint density at radius 3 is 1.82 bits per heavy atom. The third kappa shape index (κ3) is 1.57. The molecule has 0 heterocycles. The monoisotopic (exact) mass is 228 g/mol. The maximum absolute atomic E-state index is 2.46. The van der Waals surface area contributed by atoms with Crippen LogP contribution in [0.15, 0.2) is 45.1 Å². The van der Waals surface area contributed by atoms with Crippen molar-refractivity contribution in [1.82, 2.24) is 0 Å². The van der Waals surface area contributed by atoms with Crippen molar-refractivity contribution in [2.24, 2.45) is 5.41 Å². The molecular formula is C17H24. The Morgan fingerprint density at radius 2 is 1.47 bits per heavy atom. The van der Waals surface area contributed by atoms with Gasteiger partial charge in [0, 0.05) is 5.41 Å². The molecule has 0 amide bonds. The second-order valence-electron chi connectivity index (χ2n) is 5.97. The quantitative estimate of drug-likeness (QED) is 0.568. The van der Waals surface area contributed by atoms with E-state index in [1.165, 1.54) is 27.9 Å². The molecule has 0 bridgehead atoms. The van der Waals surface area contributed by atoms with Gasteiger partial charge in [-0.2, -0.15) is 0 Å². The minimum atomic E-state index is 0.164. The second kappa shape index (κ2) is 3.73. The van der Waals surface area contributed by atoms with Crippen molar-refractivity contribution < 1.29 is 0 Å². The van der Waals surface area contributed by atoms with Crippen LogP contribution in [0.25, 0.3) is 0 Å². The Labute approximate surface area is 106 Å². The van der Waals surface area contributed by atoms with Crippen molar-refractivity contribution >= 4 is 0 Å². The van der Waals surface area contributed by atoms with Gasteiger partial charge in [-0.3, -0.25) is 0 Å². The van der Waals surface area contributed by atoms with Gasteiger partial charge in [-0.1, -0.05) is 22.8 Å². The molecule has 0 spiro atoms. The van der Waals surface area contributed by atoms with Crippen molar-refractivity contribution in [3.05, 3.63) is 45.1 Å². The smallest absolute Gasteiger partial charge is 0.0290 e. The highest BCUT2D eigenvalue weighted by molar-refractivity contribution is 5.57. The van der Waals surface area contributed by atoms with E-state index in [-0.39, 0.29) is 5.41 Å². The molecule has 2 aliphatic carbocycles. The number of rotatable bonds is 1. The number of hydrogen-bond donors (Lipinski definition) is 0. The van der Waals surface area contributed by atoms with Crippen molar-refractivity contribution in [2.75, 3.05) is 0 Å². The number of allylic oxidation sites excluding steroid dienone is 8. The summed E-state index contributed by atoms with van der Waals surface area (Å²) in [5, 5.41) is 0. The summed E-state index contributed by atoms with van der Waals surface area (Å²) in [6.07, 6.45) is 3.62. The Bertz CT molecular complexity index is 506. The molecule has 2 aliphatic rings. The van der Waals surface area contributed by atoms with Crippen LogP contribution < -0.4 is 0 Å². The van der Waals surface area contributed by atoms with E-state index in [1.54, 1.807) is 11.1 Å². The summed E-state index contributed by atoms with van der Waals surface area (Å²) in [7, 11) is 0. The largest absolute Gasteiger partial charge is 0.0673 e. The average Bonchev–Trinajstić information content (AvgIpc) is 2.64. The van der Waals surface area contributed by atoms with Gasteiger partial charge in [-0.05, 0) is 77.2 Å². The van der Waals surface area contributed by atoms with Gasteiger partial charge in [0.1, 0.15) is 0 Å². The van der Waals surface area contributed by atoms with Gasteiger partial charge >= 0.3 is 0 Å². The molecule has 0 aromatic heterocycles. The molecular weight excluding hydrogens is 204 g/mol. The molecule has 0 aliphatic heterocycles. The van der Waals surface area contributed by atoms with Crippen LogP contribution in [0.4, 0.5) is 0 Å². The minimum absolute atomic E-state index is 0.164. The van der Waals surface area contributed by atoms with Gasteiger partial charge in [0.25, 0.3) is 0 Å². The fourth-order valence-corrected chi connectivity index (χ4v) is 3.30. The minimum Gasteiger partial charge on any atom is -0.0673 e. The second-order valence-corrected chi connectivity index (χ2v) is 5.97. The van der Waals surface area contributed by atoms with Gasteiger partial charge in [-0.25, -0.2) is 0 Å². The van der Waals surface area contributed by atoms with Crippen molar-refractivity contribution in [2.45, 2.75) is 54.9 Å². The molecule has 0 aromatic rings. The van der Waals surface area contributed by atoms with E-state index in [0.717, 1.165) is 6.42 Å². The molecule has 1 unspecified atom stereocenters. The van der Waals surface area contributed by atoms with Crippen LogP contribution in [0, 0.1) is 5.41 Å². The molecule has 0 saturated carbocycles. The summed E-state index contributed by atoms with van der Waals surface area (Å²) in [5.74, 6) is 0. The van der Waals surface area contributed by atoms with Crippen LogP contribution >= 0.6 is 0 Å². The molecule has 0 heteroatoms. The van der Waals surface area contributed by atoms with Crippen LogP contribution in [0.1, 0.15) is 54.9 Å². The van der Waals surface area contributed by atoms with Gasteiger partial charge < -0.3 is 0 Å². The van der Waals surface area contributed by atoms with Gasteiger partial charge in [0.05, 0.1) is 0 Å². The third-order valence-electron chi connectivity index (χ3n) is 5.16. The molecule has 0 aromatic carbocycles. The molecule has 0 saturated heterocycles. The SMILES string of the molecule is CC1=CC(C)(C2=C(C)C(C)=C(C)C2)C(C)=C1C. The lowest BCUT2D eigenvalue weighted by atomic mass is 9.75. The molecule has 17 heavy (non-hydrogen) atoms. The summed E-state index contributed by atoms with van der Waals surface area (Å²) in [5.41, 5.74) is 10.8. The maximum atomic E-state index is 2.46. The first kappa shape index (κ1) is 12.4. The topological polar surface area (TPSA) is 0 Å². The lowest BCUT2D eigenvalue weighted by Crippen LogP contribution is -2.16. The van der Waals surface area contributed by atoms with Crippen molar-refractivity contribution in [3.8, 4) is 0 Å². The molecule has 92 valence electrons. The van der Waals surface area contributed by atoms with Crippen LogP contribution in [0.2, 0.25) is 0 Å². The first-order valence-electron chi connectivity index (χ1n) is 6.53. The molecule has 0 fully saturated rings. The van der Waals surface area contributed by atoms with Gasteiger partial charge in [-0.15, -0.1) is 0 Å². The van der Waals surface area contributed by atoms with E-state index in [2.05, 4.69) is 54.5 Å². The van der Waals surface area contributed by atoms with Crippen molar-refractivity contribution in [1.29, 1.82) is 0 Å². The fourth-order valence-electron chi connectivity index (χ4n) is 3.30. The maximum Gasteiger partial charge on any atom is 0.0290 e. The summed E-state index contributed by atoms with van der Waals surface area (Å²) >= 11 is 0. The predicted octanol–water partition coefficient (Wildman–Crippen LogP) is 5.35. The van der Waals surface area contributed by atoms with E-state index < -0.39 is 0 Å². The summed E-state index contributed by atoms with van der Waals surface area (Å²) in [6.45, 7) is 16.0. The summed E-state index contributed by atoms with van der Waals surface area (Å²) in [4.78, 5) is 0.